The molecular formula is C37H39N3O3. The van der Waals surface area contributed by atoms with E-state index in [0.717, 1.165) is 72.9 Å². The van der Waals surface area contributed by atoms with E-state index in [4.69, 9.17) is 9.47 Å². The summed E-state index contributed by atoms with van der Waals surface area (Å²) < 4.78 is 14.0. The van der Waals surface area contributed by atoms with Crippen molar-refractivity contribution < 1.29 is 14.3 Å². The average molecular weight is 574 g/mol. The van der Waals surface area contributed by atoms with E-state index in [9.17, 15) is 4.79 Å². The number of benzene rings is 4. The summed E-state index contributed by atoms with van der Waals surface area (Å²) in [4.78, 5) is 15.8. The lowest BCUT2D eigenvalue weighted by molar-refractivity contribution is -0.121. The molecule has 0 saturated carbocycles. The van der Waals surface area contributed by atoms with Crippen molar-refractivity contribution in [2.45, 2.75) is 25.8 Å². The number of carbonyl (C=O) groups excluding carboxylic acids is 1. The van der Waals surface area contributed by atoms with Crippen LogP contribution in [0.2, 0.25) is 0 Å². The van der Waals surface area contributed by atoms with Crippen molar-refractivity contribution in [1.82, 2.24) is 14.8 Å². The van der Waals surface area contributed by atoms with Crippen LogP contribution in [0.4, 0.5) is 0 Å². The molecule has 43 heavy (non-hydrogen) atoms. The monoisotopic (exact) mass is 573 g/mol. The fraction of sp³-hybridized carbons (Fsp3) is 0.270. The van der Waals surface area contributed by atoms with Crippen LogP contribution >= 0.6 is 0 Å². The number of ether oxygens (including phenoxy) is 2. The maximum atomic E-state index is 13.5. The number of nitrogens with zero attached hydrogens (tertiary/aromatic N) is 2. The van der Waals surface area contributed by atoms with Crippen molar-refractivity contribution in [2.75, 3.05) is 39.4 Å². The van der Waals surface area contributed by atoms with Gasteiger partial charge in [-0.05, 0) is 53.9 Å². The quantitative estimate of drug-likeness (QED) is 0.190. The molecule has 0 spiro atoms. The summed E-state index contributed by atoms with van der Waals surface area (Å²) in [7, 11) is 0. The van der Waals surface area contributed by atoms with Crippen molar-refractivity contribution in [3.63, 3.8) is 0 Å². The zero-order valence-electron chi connectivity index (χ0n) is 24.7. The fourth-order valence-corrected chi connectivity index (χ4v) is 5.84. The van der Waals surface area contributed by atoms with Crippen LogP contribution in [-0.2, 0) is 16.1 Å². The molecule has 1 amide bonds. The zero-order valence-corrected chi connectivity index (χ0v) is 24.7. The highest BCUT2D eigenvalue weighted by molar-refractivity contribution is 5.87. The van der Waals surface area contributed by atoms with E-state index in [1.165, 1.54) is 11.1 Å². The first-order valence-electron chi connectivity index (χ1n) is 15.2. The van der Waals surface area contributed by atoms with Crippen LogP contribution in [0.15, 0.2) is 109 Å². The summed E-state index contributed by atoms with van der Waals surface area (Å²) in [5, 5.41) is 4.36. The number of hydrogen-bond acceptors (Lipinski definition) is 4. The number of amides is 1. The van der Waals surface area contributed by atoms with E-state index in [2.05, 4.69) is 88.6 Å². The second kappa shape index (κ2) is 13.7. The summed E-state index contributed by atoms with van der Waals surface area (Å²) in [6.45, 7) is 7.65. The molecule has 1 fully saturated rings. The summed E-state index contributed by atoms with van der Waals surface area (Å²) in [5.41, 5.74) is 5.85. The number of carbonyl (C=O) groups is 1. The van der Waals surface area contributed by atoms with Gasteiger partial charge in [0.25, 0.3) is 0 Å². The number of para-hydroxylation sites is 2. The van der Waals surface area contributed by atoms with Gasteiger partial charge in [0.15, 0.2) is 0 Å². The number of nitrogens with one attached hydrogen (secondary N) is 1. The summed E-state index contributed by atoms with van der Waals surface area (Å²) in [6.07, 6.45) is 2.58. The molecule has 0 radical (unpaired) electrons. The standard InChI is InChI=1S/C37H39N3O3/c1-28-14-16-29(17-15-28)26-40-27-35(33-12-5-6-13-36(33)40)34(25-37(41)38-18-19-39-20-22-42-23-21-39)30-8-7-11-32(24-30)43-31-9-3-2-4-10-31/h2-17,24,27,34H,18-23,25-26H2,1H3,(H,38,41)/t34-/m0/s1. The van der Waals surface area contributed by atoms with Crippen LogP contribution in [0, 0.1) is 6.92 Å². The molecule has 0 bridgehead atoms. The highest BCUT2D eigenvalue weighted by atomic mass is 16.5. The maximum absolute atomic E-state index is 13.5. The Morgan fingerprint density at radius 3 is 2.44 bits per heavy atom. The van der Waals surface area contributed by atoms with Crippen LogP contribution in [-0.4, -0.2) is 54.8 Å². The Bertz CT molecular complexity index is 1640. The summed E-state index contributed by atoms with van der Waals surface area (Å²) >= 11 is 0. The lowest BCUT2D eigenvalue weighted by atomic mass is 9.88. The molecule has 0 unspecified atom stereocenters. The molecule has 6 heteroatoms. The SMILES string of the molecule is Cc1ccc(Cn2cc([C@@H](CC(=O)NCCN3CCOCC3)c3cccc(Oc4ccccc4)c3)c3ccccc32)cc1. The van der Waals surface area contributed by atoms with Crippen molar-refractivity contribution >= 4 is 16.8 Å². The Balaban J connectivity index is 1.30. The van der Waals surface area contributed by atoms with Crippen molar-refractivity contribution in [3.05, 3.63) is 132 Å². The number of aryl methyl sites for hydroxylation is 1. The molecule has 1 aromatic heterocycles. The predicted molar refractivity (Wildman–Crippen MR) is 172 cm³/mol. The molecule has 1 aliphatic rings. The van der Waals surface area contributed by atoms with Gasteiger partial charge in [-0.3, -0.25) is 9.69 Å². The minimum absolute atomic E-state index is 0.0444. The smallest absolute Gasteiger partial charge is 0.220 e. The molecule has 0 aliphatic carbocycles. The molecule has 6 nitrogen and oxygen atoms in total. The Hall–Kier alpha value is -4.39. The average Bonchev–Trinajstić information content (AvgIpc) is 3.40. The lowest BCUT2D eigenvalue weighted by Gasteiger charge is -2.26. The molecule has 220 valence electrons. The first-order chi connectivity index (χ1) is 21.1. The third kappa shape index (κ3) is 7.34. The number of fused-ring (bicyclic) bond motifs is 1. The van der Waals surface area contributed by atoms with Gasteiger partial charge in [0.05, 0.1) is 13.2 Å². The second-order valence-electron chi connectivity index (χ2n) is 11.3. The van der Waals surface area contributed by atoms with Crippen molar-refractivity contribution in [2.24, 2.45) is 0 Å². The minimum Gasteiger partial charge on any atom is -0.457 e. The molecule has 1 atom stereocenters. The van der Waals surface area contributed by atoms with Gasteiger partial charge in [-0.1, -0.05) is 78.4 Å². The summed E-state index contributed by atoms with van der Waals surface area (Å²) in [6, 6.07) is 35.2. The van der Waals surface area contributed by atoms with Crippen LogP contribution in [0.5, 0.6) is 11.5 Å². The van der Waals surface area contributed by atoms with Gasteiger partial charge in [0, 0.05) is 62.2 Å². The van der Waals surface area contributed by atoms with E-state index >= 15 is 0 Å². The van der Waals surface area contributed by atoms with E-state index in [1.54, 1.807) is 0 Å². The third-order valence-electron chi connectivity index (χ3n) is 8.15. The van der Waals surface area contributed by atoms with E-state index < -0.39 is 0 Å². The van der Waals surface area contributed by atoms with Gasteiger partial charge in [-0.2, -0.15) is 0 Å². The van der Waals surface area contributed by atoms with E-state index in [-0.39, 0.29) is 11.8 Å². The summed E-state index contributed by atoms with van der Waals surface area (Å²) in [5.74, 6) is 1.44. The maximum Gasteiger partial charge on any atom is 0.220 e. The minimum atomic E-state index is -0.146. The van der Waals surface area contributed by atoms with E-state index in [0.29, 0.717) is 13.0 Å². The van der Waals surface area contributed by atoms with Crippen LogP contribution < -0.4 is 10.1 Å². The van der Waals surface area contributed by atoms with Crippen molar-refractivity contribution in [3.8, 4) is 11.5 Å². The topological polar surface area (TPSA) is 55.7 Å². The first kappa shape index (κ1) is 28.7. The molecular weight excluding hydrogens is 534 g/mol. The zero-order chi connectivity index (χ0) is 29.4. The van der Waals surface area contributed by atoms with Gasteiger partial charge in [0.1, 0.15) is 11.5 Å². The van der Waals surface area contributed by atoms with Crippen molar-refractivity contribution in [1.29, 1.82) is 0 Å². The number of morpholine rings is 1. The second-order valence-corrected chi connectivity index (χ2v) is 11.3. The largest absolute Gasteiger partial charge is 0.457 e. The number of aromatic nitrogens is 1. The molecule has 5 aromatic rings. The molecule has 6 rings (SSSR count). The van der Waals surface area contributed by atoms with Gasteiger partial charge >= 0.3 is 0 Å². The Kier molecular flexibility index (Phi) is 9.16. The lowest BCUT2D eigenvalue weighted by Crippen LogP contribution is -2.41. The fourth-order valence-electron chi connectivity index (χ4n) is 5.84. The Morgan fingerprint density at radius 2 is 1.63 bits per heavy atom. The molecule has 1 saturated heterocycles. The molecule has 4 aromatic carbocycles. The first-order valence-corrected chi connectivity index (χ1v) is 15.2. The Labute approximate surface area is 253 Å². The number of rotatable bonds is 11. The highest BCUT2D eigenvalue weighted by Gasteiger charge is 2.24. The molecule has 1 aliphatic heterocycles. The van der Waals surface area contributed by atoms with E-state index in [1.807, 2.05) is 42.5 Å². The highest BCUT2D eigenvalue weighted by Crippen LogP contribution is 2.37. The van der Waals surface area contributed by atoms with Crippen LogP contribution in [0.3, 0.4) is 0 Å². The van der Waals surface area contributed by atoms with Gasteiger partial charge in [-0.15, -0.1) is 0 Å². The van der Waals surface area contributed by atoms with Gasteiger partial charge in [0.2, 0.25) is 5.91 Å². The van der Waals surface area contributed by atoms with Crippen LogP contribution in [0.1, 0.15) is 34.6 Å². The van der Waals surface area contributed by atoms with Gasteiger partial charge in [-0.25, -0.2) is 0 Å². The Morgan fingerprint density at radius 1 is 0.884 bits per heavy atom. The molecule has 2 heterocycles. The van der Waals surface area contributed by atoms with Crippen LogP contribution in [0.25, 0.3) is 10.9 Å². The number of hydrogen-bond donors (Lipinski definition) is 1. The third-order valence-corrected chi connectivity index (χ3v) is 8.15. The molecule has 1 N–H and O–H groups in total. The predicted octanol–water partition coefficient (Wildman–Crippen LogP) is 6.76. The van der Waals surface area contributed by atoms with Gasteiger partial charge < -0.3 is 19.4 Å². The normalized spacial score (nSPS) is 14.4.